The van der Waals surface area contributed by atoms with Crippen LogP contribution in [-0.4, -0.2) is 7.11 Å². The molecule has 0 atom stereocenters. The number of methoxy groups -OCH3 is 1. The fourth-order valence-corrected chi connectivity index (χ4v) is 1.53. The van der Waals surface area contributed by atoms with E-state index < -0.39 is 17.5 Å². The standard InChI is InChI=1S/C13H9F3O/c1-17-9-4-2-3-8(5-9)10-6-12(15)13(16)7-11(10)14/h2-7H,1H3. The number of halogens is 3. The fraction of sp³-hybridized carbons (Fsp3) is 0.0769. The average Bonchev–Trinajstić information content (AvgIpc) is 2.34. The summed E-state index contributed by atoms with van der Waals surface area (Å²) in [7, 11) is 1.47. The third-order valence-electron chi connectivity index (χ3n) is 2.39. The van der Waals surface area contributed by atoms with Crippen molar-refractivity contribution < 1.29 is 17.9 Å². The number of hydrogen-bond donors (Lipinski definition) is 0. The van der Waals surface area contributed by atoms with Gasteiger partial charge >= 0.3 is 0 Å². The molecule has 0 saturated carbocycles. The summed E-state index contributed by atoms with van der Waals surface area (Å²) >= 11 is 0. The third-order valence-corrected chi connectivity index (χ3v) is 2.39. The largest absolute Gasteiger partial charge is 0.497 e. The zero-order chi connectivity index (χ0) is 12.4. The van der Waals surface area contributed by atoms with Gasteiger partial charge in [0, 0.05) is 11.6 Å². The van der Waals surface area contributed by atoms with Gasteiger partial charge in [-0.05, 0) is 23.8 Å². The van der Waals surface area contributed by atoms with Gasteiger partial charge in [0.05, 0.1) is 7.11 Å². The lowest BCUT2D eigenvalue weighted by Gasteiger charge is -2.06. The van der Waals surface area contributed by atoms with E-state index in [-0.39, 0.29) is 5.56 Å². The van der Waals surface area contributed by atoms with Crippen LogP contribution in [0.4, 0.5) is 13.2 Å². The van der Waals surface area contributed by atoms with Crippen molar-refractivity contribution in [3.63, 3.8) is 0 Å². The molecule has 0 aliphatic carbocycles. The molecule has 2 aromatic rings. The molecule has 0 amide bonds. The highest BCUT2D eigenvalue weighted by Gasteiger charge is 2.11. The SMILES string of the molecule is COc1cccc(-c2cc(F)c(F)cc2F)c1. The number of ether oxygens (including phenoxy) is 1. The quantitative estimate of drug-likeness (QED) is 0.723. The van der Waals surface area contributed by atoms with Gasteiger partial charge in [-0.15, -0.1) is 0 Å². The Labute approximate surface area is 96.5 Å². The molecule has 0 spiro atoms. The Morgan fingerprint density at radius 2 is 1.59 bits per heavy atom. The Morgan fingerprint density at radius 3 is 2.29 bits per heavy atom. The summed E-state index contributed by atoms with van der Waals surface area (Å²) in [5.74, 6) is -2.57. The van der Waals surface area contributed by atoms with Gasteiger partial charge in [-0.25, -0.2) is 13.2 Å². The smallest absolute Gasteiger partial charge is 0.161 e. The maximum absolute atomic E-state index is 13.5. The Balaban J connectivity index is 2.56. The van der Waals surface area contributed by atoms with Gasteiger partial charge < -0.3 is 4.74 Å². The summed E-state index contributed by atoms with van der Waals surface area (Å²) in [6.07, 6.45) is 0. The number of benzene rings is 2. The van der Waals surface area contributed by atoms with E-state index in [2.05, 4.69) is 0 Å². The molecule has 2 rings (SSSR count). The third kappa shape index (κ3) is 2.25. The van der Waals surface area contributed by atoms with Gasteiger partial charge in [0.25, 0.3) is 0 Å². The second-order valence-corrected chi connectivity index (χ2v) is 3.48. The van der Waals surface area contributed by atoms with Gasteiger partial charge in [-0.3, -0.25) is 0 Å². The predicted octanol–water partition coefficient (Wildman–Crippen LogP) is 3.78. The van der Waals surface area contributed by atoms with Gasteiger partial charge in [0.2, 0.25) is 0 Å². The summed E-state index contributed by atoms with van der Waals surface area (Å²) in [5.41, 5.74) is 0.434. The lowest BCUT2D eigenvalue weighted by molar-refractivity contribution is 0.415. The van der Waals surface area contributed by atoms with Crippen molar-refractivity contribution in [3.05, 3.63) is 53.8 Å². The minimum atomic E-state index is -1.20. The lowest BCUT2D eigenvalue weighted by atomic mass is 10.0. The molecule has 0 bridgehead atoms. The molecule has 0 saturated heterocycles. The van der Waals surface area contributed by atoms with Crippen molar-refractivity contribution >= 4 is 0 Å². The second-order valence-electron chi connectivity index (χ2n) is 3.48. The van der Waals surface area contributed by atoms with E-state index in [1.54, 1.807) is 24.3 Å². The molecule has 0 radical (unpaired) electrons. The van der Waals surface area contributed by atoms with Crippen LogP contribution in [0, 0.1) is 17.5 Å². The monoisotopic (exact) mass is 238 g/mol. The van der Waals surface area contributed by atoms with Crippen molar-refractivity contribution in [2.75, 3.05) is 7.11 Å². The highest BCUT2D eigenvalue weighted by atomic mass is 19.2. The molecule has 17 heavy (non-hydrogen) atoms. The molecule has 0 aromatic heterocycles. The van der Waals surface area contributed by atoms with E-state index in [0.717, 1.165) is 6.07 Å². The van der Waals surface area contributed by atoms with Gasteiger partial charge in [0.15, 0.2) is 11.6 Å². The first-order chi connectivity index (χ1) is 8.11. The first kappa shape index (κ1) is 11.5. The Hall–Kier alpha value is -1.97. The molecule has 88 valence electrons. The Bertz CT molecular complexity index is 552. The maximum Gasteiger partial charge on any atom is 0.161 e. The van der Waals surface area contributed by atoms with Crippen LogP contribution in [-0.2, 0) is 0 Å². The van der Waals surface area contributed by atoms with E-state index in [9.17, 15) is 13.2 Å². The molecule has 0 fully saturated rings. The minimum absolute atomic E-state index is 0.00259. The molecule has 0 N–H and O–H groups in total. The summed E-state index contributed by atoms with van der Waals surface area (Å²) in [5, 5.41) is 0. The molecular formula is C13H9F3O. The molecule has 0 unspecified atom stereocenters. The topological polar surface area (TPSA) is 9.23 Å². The van der Waals surface area contributed by atoms with E-state index in [4.69, 9.17) is 4.74 Å². The van der Waals surface area contributed by atoms with Crippen LogP contribution in [0.5, 0.6) is 5.75 Å². The number of hydrogen-bond acceptors (Lipinski definition) is 1. The summed E-state index contributed by atoms with van der Waals surface area (Å²) in [6.45, 7) is 0. The zero-order valence-electron chi connectivity index (χ0n) is 9.01. The second kappa shape index (κ2) is 4.49. The summed E-state index contributed by atoms with van der Waals surface area (Å²) in [4.78, 5) is 0. The lowest BCUT2D eigenvalue weighted by Crippen LogP contribution is -1.92. The van der Waals surface area contributed by atoms with Crippen LogP contribution in [0.1, 0.15) is 0 Å². The molecule has 2 aromatic carbocycles. The van der Waals surface area contributed by atoms with Gasteiger partial charge in [0.1, 0.15) is 11.6 Å². The van der Waals surface area contributed by atoms with Crippen LogP contribution in [0.3, 0.4) is 0 Å². The normalized spacial score (nSPS) is 10.4. The van der Waals surface area contributed by atoms with Crippen molar-refractivity contribution in [2.24, 2.45) is 0 Å². The molecule has 0 aliphatic heterocycles. The zero-order valence-corrected chi connectivity index (χ0v) is 9.01. The highest BCUT2D eigenvalue weighted by Crippen LogP contribution is 2.27. The summed E-state index contributed by atoms with van der Waals surface area (Å²) in [6, 6.07) is 7.84. The average molecular weight is 238 g/mol. The first-order valence-electron chi connectivity index (χ1n) is 4.91. The highest BCUT2D eigenvalue weighted by molar-refractivity contribution is 5.65. The Kier molecular flexibility index (Phi) is 3.04. The van der Waals surface area contributed by atoms with Gasteiger partial charge in [-0.2, -0.15) is 0 Å². The van der Waals surface area contributed by atoms with E-state index >= 15 is 0 Å². The van der Waals surface area contributed by atoms with E-state index in [1.807, 2.05) is 0 Å². The van der Waals surface area contributed by atoms with E-state index in [0.29, 0.717) is 17.4 Å². The predicted molar refractivity (Wildman–Crippen MR) is 58.3 cm³/mol. The Morgan fingerprint density at radius 1 is 0.882 bits per heavy atom. The fourth-order valence-electron chi connectivity index (χ4n) is 1.53. The first-order valence-corrected chi connectivity index (χ1v) is 4.91. The van der Waals surface area contributed by atoms with Crippen molar-refractivity contribution in [1.82, 2.24) is 0 Å². The minimum Gasteiger partial charge on any atom is -0.497 e. The van der Waals surface area contributed by atoms with Crippen molar-refractivity contribution in [2.45, 2.75) is 0 Å². The van der Waals surface area contributed by atoms with Crippen LogP contribution < -0.4 is 4.74 Å². The molecular weight excluding hydrogens is 229 g/mol. The molecule has 0 aliphatic rings. The molecule has 0 heterocycles. The van der Waals surface area contributed by atoms with Crippen LogP contribution in [0.2, 0.25) is 0 Å². The van der Waals surface area contributed by atoms with Gasteiger partial charge in [-0.1, -0.05) is 12.1 Å². The maximum atomic E-state index is 13.5. The van der Waals surface area contributed by atoms with Crippen LogP contribution in [0.15, 0.2) is 36.4 Å². The van der Waals surface area contributed by atoms with Crippen LogP contribution >= 0.6 is 0 Å². The van der Waals surface area contributed by atoms with Crippen LogP contribution in [0.25, 0.3) is 11.1 Å². The molecule has 4 heteroatoms. The van der Waals surface area contributed by atoms with E-state index in [1.165, 1.54) is 7.11 Å². The van der Waals surface area contributed by atoms with Crippen molar-refractivity contribution in [1.29, 1.82) is 0 Å². The van der Waals surface area contributed by atoms with Crippen molar-refractivity contribution in [3.8, 4) is 16.9 Å². The number of rotatable bonds is 2. The molecule has 1 nitrogen and oxygen atoms in total. The summed E-state index contributed by atoms with van der Waals surface area (Å²) < 4.78 is 44.3.